The van der Waals surface area contributed by atoms with E-state index in [1.54, 1.807) is 19.6 Å². The third-order valence-electron chi connectivity index (χ3n) is 4.67. The predicted octanol–water partition coefficient (Wildman–Crippen LogP) is 3.84. The number of ether oxygens (including phenoxy) is 2. The number of thiazole rings is 1. The average Bonchev–Trinajstić information content (AvgIpc) is 3.25. The number of anilines is 1. The van der Waals surface area contributed by atoms with Crippen molar-refractivity contribution in [3.8, 4) is 11.5 Å². The van der Waals surface area contributed by atoms with Crippen LogP contribution in [0.1, 0.15) is 28.0 Å². The highest BCUT2D eigenvalue weighted by atomic mass is 32.1. The Kier molecular flexibility index (Phi) is 8.15. The highest BCUT2D eigenvalue weighted by Gasteiger charge is 2.11. The van der Waals surface area contributed by atoms with E-state index in [9.17, 15) is 14.0 Å². The van der Waals surface area contributed by atoms with Crippen molar-refractivity contribution in [2.75, 3.05) is 26.1 Å². The number of amides is 2. The molecule has 0 bridgehead atoms. The molecule has 0 unspecified atom stereocenters. The summed E-state index contributed by atoms with van der Waals surface area (Å²) in [4.78, 5) is 28.6. The van der Waals surface area contributed by atoms with Gasteiger partial charge < -0.3 is 14.8 Å². The molecule has 0 radical (unpaired) electrons. The second-order valence-corrected chi connectivity index (χ2v) is 7.75. The van der Waals surface area contributed by atoms with E-state index >= 15 is 0 Å². The molecule has 3 aromatic rings. The number of benzene rings is 2. The fourth-order valence-electron chi connectivity index (χ4n) is 2.96. The minimum absolute atomic E-state index is 0.0737. The van der Waals surface area contributed by atoms with Gasteiger partial charge in [0.25, 0.3) is 5.91 Å². The minimum Gasteiger partial charge on any atom is -0.493 e. The van der Waals surface area contributed by atoms with Crippen LogP contribution in [0.25, 0.3) is 0 Å². The molecule has 0 saturated carbocycles. The van der Waals surface area contributed by atoms with Gasteiger partial charge in [0, 0.05) is 23.9 Å². The summed E-state index contributed by atoms with van der Waals surface area (Å²) in [6.45, 7) is 0.504. The summed E-state index contributed by atoms with van der Waals surface area (Å²) in [5.41, 5.74) is 2.10. The number of rotatable bonds is 10. The highest BCUT2D eigenvalue weighted by Crippen LogP contribution is 2.27. The van der Waals surface area contributed by atoms with Gasteiger partial charge in [-0.15, -0.1) is 11.3 Å². The summed E-state index contributed by atoms with van der Waals surface area (Å²) < 4.78 is 23.5. The van der Waals surface area contributed by atoms with E-state index in [1.165, 1.54) is 35.6 Å². The fourth-order valence-corrected chi connectivity index (χ4v) is 3.70. The Morgan fingerprint density at radius 1 is 1.03 bits per heavy atom. The summed E-state index contributed by atoms with van der Waals surface area (Å²) in [5.74, 6) is 0.480. The lowest BCUT2D eigenvalue weighted by atomic mass is 10.1. The van der Waals surface area contributed by atoms with Crippen molar-refractivity contribution in [3.05, 3.63) is 70.5 Å². The van der Waals surface area contributed by atoms with Crippen LogP contribution < -0.4 is 20.1 Å². The van der Waals surface area contributed by atoms with Gasteiger partial charge in [-0.05, 0) is 54.8 Å². The molecule has 3 rings (SSSR count). The van der Waals surface area contributed by atoms with Crippen LogP contribution in [0.3, 0.4) is 0 Å². The lowest BCUT2D eigenvalue weighted by Gasteiger charge is -2.10. The Morgan fingerprint density at radius 2 is 1.78 bits per heavy atom. The van der Waals surface area contributed by atoms with E-state index in [4.69, 9.17) is 9.47 Å². The maximum Gasteiger partial charge on any atom is 0.257 e. The summed E-state index contributed by atoms with van der Waals surface area (Å²) >= 11 is 1.28. The van der Waals surface area contributed by atoms with E-state index < -0.39 is 5.82 Å². The number of aromatic nitrogens is 1. The number of carbonyl (C=O) groups is 2. The summed E-state index contributed by atoms with van der Waals surface area (Å²) in [6, 6.07) is 10.9. The molecule has 0 spiro atoms. The van der Waals surface area contributed by atoms with Crippen molar-refractivity contribution in [2.24, 2.45) is 0 Å². The quantitative estimate of drug-likeness (QED) is 0.483. The first kappa shape index (κ1) is 23.2. The number of nitrogens with zero attached hydrogens (tertiary/aromatic N) is 1. The van der Waals surface area contributed by atoms with Gasteiger partial charge in [0.1, 0.15) is 5.82 Å². The number of nitrogens with one attached hydrogen (secondary N) is 2. The monoisotopic (exact) mass is 457 g/mol. The molecular formula is C23H24FN3O4S. The number of hydrogen-bond donors (Lipinski definition) is 2. The van der Waals surface area contributed by atoms with Gasteiger partial charge in [-0.3, -0.25) is 14.9 Å². The van der Waals surface area contributed by atoms with Crippen LogP contribution in [0.15, 0.2) is 47.8 Å². The third-order valence-corrected chi connectivity index (χ3v) is 5.48. The molecule has 1 aromatic heterocycles. The van der Waals surface area contributed by atoms with Gasteiger partial charge in [0.2, 0.25) is 5.91 Å². The van der Waals surface area contributed by atoms with Crippen LogP contribution in [0.5, 0.6) is 11.5 Å². The highest BCUT2D eigenvalue weighted by molar-refractivity contribution is 7.14. The minimum atomic E-state index is -0.403. The largest absolute Gasteiger partial charge is 0.493 e. The first-order valence-electron chi connectivity index (χ1n) is 9.97. The van der Waals surface area contributed by atoms with E-state index in [-0.39, 0.29) is 11.8 Å². The molecule has 32 heavy (non-hydrogen) atoms. The molecule has 9 heteroatoms. The van der Waals surface area contributed by atoms with Gasteiger partial charge in [-0.2, -0.15) is 0 Å². The second kappa shape index (κ2) is 11.2. The molecule has 168 valence electrons. The Morgan fingerprint density at radius 3 is 2.50 bits per heavy atom. The molecule has 7 nitrogen and oxygen atoms in total. The van der Waals surface area contributed by atoms with Crippen molar-refractivity contribution in [2.45, 2.75) is 19.3 Å². The van der Waals surface area contributed by atoms with Crippen molar-refractivity contribution in [1.29, 1.82) is 0 Å². The second-order valence-electron chi connectivity index (χ2n) is 6.89. The van der Waals surface area contributed by atoms with Crippen molar-refractivity contribution in [1.82, 2.24) is 10.3 Å². The zero-order valence-corrected chi connectivity index (χ0v) is 18.6. The molecule has 0 fully saturated rings. The van der Waals surface area contributed by atoms with Gasteiger partial charge in [0.05, 0.1) is 19.9 Å². The Bertz CT molecular complexity index is 1070. The van der Waals surface area contributed by atoms with Crippen LogP contribution in [-0.2, 0) is 17.6 Å². The van der Waals surface area contributed by atoms with Gasteiger partial charge in [-0.1, -0.05) is 6.07 Å². The normalized spacial score (nSPS) is 10.5. The lowest BCUT2D eigenvalue weighted by molar-refractivity contribution is -0.121. The molecule has 2 aromatic carbocycles. The van der Waals surface area contributed by atoms with Crippen LogP contribution in [0.4, 0.5) is 9.52 Å². The Labute approximate surface area is 189 Å². The topological polar surface area (TPSA) is 89.6 Å². The van der Waals surface area contributed by atoms with E-state index in [0.29, 0.717) is 48.0 Å². The molecular weight excluding hydrogens is 433 g/mol. The number of carbonyl (C=O) groups excluding carboxylic acids is 2. The van der Waals surface area contributed by atoms with Crippen LogP contribution in [0, 0.1) is 5.82 Å². The average molecular weight is 458 g/mol. The van der Waals surface area contributed by atoms with E-state index in [0.717, 1.165) is 11.3 Å². The summed E-state index contributed by atoms with van der Waals surface area (Å²) in [7, 11) is 3.17. The van der Waals surface area contributed by atoms with Crippen LogP contribution in [-0.4, -0.2) is 37.6 Å². The first-order valence-corrected chi connectivity index (χ1v) is 10.9. The Balaban J connectivity index is 1.41. The lowest BCUT2D eigenvalue weighted by Crippen LogP contribution is -2.25. The number of halogens is 1. The molecule has 2 N–H and O–H groups in total. The molecule has 1 heterocycles. The molecule has 2 amide bonds. The van der Waals surface area contributed by atoms with E-state index in [1.807, 2.05) is 18.2 Å². The zero-order chi connectivity index (χ0) is 22.9. The predicted molar refractivity (Wildman–Crippen MR) is 121 cm³/mol. The van der Waals surface area contributed by atoms with Crippen LogP contribution >= 0.6 is 11.3 Å². The van der Waals surface area contributed by atoms with Crippen molar-refractivity contribution in [3.63, 3.8) is 0 Å². The smallest absolute Gasteiger partial charge is 0.257 e. The third kappa shape index (κ3) is 6.52. The number of aryl methyl sites for hydroxylation is 1. The molecule has 0 atom stereocenters. The summed E-state index contributed by atoms with van der Waals surface area (Å²) in [5, 5.41) is 7.81. The standard InChI is InChI=1S/C23H24FN3O4S/c1-30-19-9-3-15(13-20(19)31-2)11-12-25-21(28)10-8-18-14-32-23(26-18)27-22(29)16-4-6-17(24)7-5-16/h3-7,9,13-14H,8,10-12H2,1-2H3,(H,25,28)(H,26,27,29). The molecule has 0 aliphatic rings. The summed E-state index contributed by atoms with van der Waals surface area (Å²) in [6.07, 6.45) is 1.43. The van der Waals surface area contributed by atoms with Crippen molar-refractivity contribution >= 4 is 28.3 Å². The molecule has 0 aliphatic carbocycles. The Hall–Kier alpha value is -3.46. The van der Waals surface area contributed by atoms with Crippen molar-refractivity contribution < 1.29 is 23.5 Å². The SMILES string of the molecule is COc1ccc(CCNC(=O)CCc2csc(NC(=O)c3ccc(F)cc3)n2)cc1OC. The zero-order valence-electron chi connectivity index (χ0n) is 17.8. The molecule has 0 aliphatic heterocycles. The van der Waals surface area contributed by atoms with E-state index in [2.05, 4.69) is 15.6 Å². The molecule has 0 saturated heterocycles. The maximum absolute atomic E-state index is 13.0. The van der Waals surface area contributed by atoms with Crippen LogP contribution in [0.2, 0.25) is 0 Å². The maximum atomic E-state index is 13.0. The van der Waals surface area contributed by atoms with Gasteiger partial charge >= 0.3 is 0 Å². The fraction of sp³-hybridized carbons (Fsp3) is 0.261. The van der Waals surface area contributed by atoms with Gasteiger partial charge in [-0.25, -0.2) is 9.37 Å². The van der Waals surface area contributed by atoms with Gasteiger partial charge in [0.15, 0.2) is 16.6 Å². The number of methoxy groups -OCH3 is 2. The number of hydrogen-bond acceptors (Lipinski definition) is 6. The first-order chi connectivity index (χ1) is 15.5.